The first-order chi connectivity index (χ1) is 7.24. The van der Waals surface area contributed by atoms with Gasteiger partial charge < -0.3 is 0 Å². The first-order valence-electron chi connectivity index (χ1n) is 4.46. The summed E-state index contributed by atoms with van der Waals surface area (Å²) in [5.74, 6) is 0. The lowest BCUT2D eigenvalue weighted by atomic mass is 10.1. The van der Waals surface area contributed by atoms with Crippen molar-refractivity contribution in [2.24, 2.45) is 0 Å². The van der Waals surface area contributed by atoms with Gasteiger partial charge in [-0.05, 0) is 35.4 Å². The van der Waals surface area contributed by atoms with Crippen molar-refractivity contribution in [1.29, 1.82) is 0 Å². The minimum absolute atomic E-state index is 0.294. The second-order valence-electron chi connectivity index (χ2n) is 3.12. The average Bonchev–Trinajstić information content (AvgIpc) is 2.17. The molecule has 0 aliphatic heterocycles. The van der Waals surface area contributed by atoms with Crippen LogP contribution in [0, 0.1) is 0 Å². The van der Waals surface area contributed by atoms with Crippen LogP contribution >= 0.6 is 27.5 Å². The molecule has 0 fully saturated rings. The van der Waals surface area contributed by atoms with Crippen molar-refractivity contribution in [3.63, 3.8) is 0 Å². The zero-order valence-corrected chi connectivity index (χ0v) is 10.2. The van der Waals surface area contributed by atoms with Gasteiger partial charge in [-0.15, -0.1) is 0 Å². The van der Waals surface area contributed by atoms with Crippen molar-refractivity contribution in [2.75, 3.05) is 0 Å². The molecule has 0 aliphatic carbocycles. The highest BCUT2D eigenvalue weighted by atomic mass is 79.9. The molecule has 0 bridgehead atoms. The first kappa shape index (κ1) is 10.6. The van der Waals surface area contributed by atoms with Gasteiger partial charge >= 0.3 is 0 Å². The van der Waals surface area contributed by atoms with E-state index in [0.717, 1.165) is 16.6 Å². The summed E-state index contributed by atoms with van der Waals surface area (Å²) in [7, 11) is 0. The van der Waals surface area contributed by atoms with E-state index in [2.05, 4.69) is 38.0 Å². The largest absolute Gasteiger partial charge is 0.227 e. The van der Waals surface area contributed by atoms with Crippen LogP contribution in [0.2, 0.25) is 5.28 Å². The van der Waals surface area contributed by atoms with E-state index < -0.39 is 0 Å². The predicted molar refractivity (Wildman–Crippen MR) is 64.0 cm³/mol. The standard InChI is InChI=1S/C11H8BrClN2/c12-9-3-1-2-8(6-9)7-10-4-5-14-11(13)15-10/h1-6H,7H2. The highest BCUT2D eigenvalue weighted by molar-refractivity contribution is 9.10. The molecule has 0 unspecified atom stereocenters. The fourth-order valence-corrected chi connectivity index (χ4v) is 1.94. The molecule has 1 heterocycles. The smallest absolute Gasteiger partial charge is 0.222 e. The molecule has 76 valence electrons. The van der Waals surface area contributed by atoms with E-state index in [1.807, 2.05) is 18.2 Å². The lowest BCUT2D eigenvalue weighted by Gasteiger charge is -2.01. The maximum Gasteiger partial charge on any atom is 0.222 e. The number of benzene rings is 1. The van der Waals surface area contributed by atoms with Crippen LogP contribution in [0.3, 0.4) is 0 Å². The minimum Gasteiger partial charge on any atom is -0.227 e. The third-order valence-electron chi connectivity index (χ3n) is 1.96. The van der Waals surface area contributed by atoms with Gasteiger partial charge in [-0.25, -0.2) is 9.97 Å². The Morgan fingerprint density at radius 2 is 2.13 bits per heavy atom. The minimum atomic E-state index is 0.294. The first-order valence-corrected chi connectivity index (χ1v) is 5.63. The molecule has 0 radical (unpaired) electrons. The SMILES string of the molecule is Clc1nccc(Cc2cccc(Br)c2)n1. The van der Waals surface area contributed by atoms with Crippen LogP contribution in [-0.4, -0.2) is 9.97 Å². The molecule has 1 aromatic heterocycles. The molecule has 2 aromatic rings. The van der Waals surface area contributed by atoms with Gasteiger partial charge in [-0.2, -0.15) is 0 Å². The third-order valence-corrected chi connectivity index (χ3v) is 2.63. The van der Waals surface area contributed by atoms with Crippen molar-refractivity contribution in [3.05, 3.63) is 57.5 Å². The number of nitrogens with zero attached hydrogens (tertiary/aromatic N) is 2. The van der Waals surface area contributed by atoms with Crippen LogP contribution in [0.25, 0.3) is 0 Å². The van der Waals surface area contributed by atoms with Crippen molar-refractivity contribution in [1.82, 2.24) is 9.97 Å². The van der Waals surface area contributed by atoms with Crippen molar-refractivity contribution >= 4 is 27.5 Å². The Morgan fingerprint density at radius 1 is 1.27 bits per heavy atom. The van der Waals surface area contributed by atoms with E-state index in [-0.39, 0.29) is 0 Å². The normalized spacial score (nSPS) is 10.3. The van der Waals surface area contributed by atoms with Gasteiger partial charge in [-0.1, -0.05) is 28.1 Å². The Bertz CT molecular complexity index is 430. The monoisotopic (exact) mass is 282 g/mol. The van der Waals surface area contributed by atoms with Crippen molar-refractivity contribution in [2.45, 2.75) is 6.42 Å². The van der Waals surface area contributed by atoms with Crippen molar-refractivity contribution < 1.29 is 0 Å². The summed E-state index contributed by atoms with van der Waals surface area (Å²) in [4.78, 5) is 7.98. The van der Waals surface area contributed by atoms with E-state index in [0.29, 0.717) is 5.28 Å². The lowest BCUT2D eigenvalue weighted by molar-refractivity contribution is 1.03. The third kappa shape index (κ3) is 3.01. The Balaban J connectivity index is 2.22. The van der Waals surface area contributed by atoms with Crippen LogP contribution in [0.1, 0.15) is 11.3 Å². The van der Waals surface area contributed by atoms with Crippen LogP contribution < -0.4 is 0 Å². The summed E-state index contributed by atoms with van der Waals surface area (Å²) in [5, 5.41) is 0.294. The number of hydrogen-bond donors (Lipinski definition) is 0. The van der Waals surface area contributed by atoms with Gasteiger partial charge in [0.1, 0.15) is 0 Å². The van der Waals surface area contributed by atoms with Gasteiger partial charge in [-0.3, -0.25) is 0 Å². The molecule has 4 heteroatoms. The topological polar surface area (TPSA) is 25.8 Å². The Hall–Kier alpha value is -0.930. The molecule has 1 aromatic carbocycles. The van der Waals surface area contributed by atoms with Gasteiger partial charge in [0.25, 0.3) is 0 Å². The molecule has 2 nitrogen and oxygen atoms in total. The van der Waals surface area contributed by atoms with E-state index in [9.17, 15) is 0 Å². The Labute approximate surface area is 101 Å². The van der Waals surface area contributed by atoms with Crippen LogP contribution in [0.4, 0.5) is 0 Å². The number of aromatic nitrogens is 2. The quantitative estimate of drug-likeness (QED) is 0.789. The molecule has 15 heavy (non-hydrogen) atoms. The summed E-state index contributed by atoms with van der Waals surface area (Å²) in [6.07, 6.45) is 2.43. The van der Waals surface area contributed by atoms with Crippen molar-refractivity contribution in [3.8, 4) is 0 Å². The van der Waals surface area contributed by atoms with E-state index in [1.54, 1.807) is 6.20 Å². The fourth-order valence-electron chi connectivity index (χ4n) is 1.32. The average molecular weight is 284 g/mol. The molecule has 0 atom stereocenters. The summed E-state index contributed by atoms with van der Waals surface area (Å²) < 4.78 is 1.07. The van der Waals surface area contributed by atoms with Crippen LogP contribution in [0.5, 0.6) is 0 Å². The van der Waals surface area contributed by atoms with E-state index in [1.165, 1.54) is 5.56 Å². The summed E-state index contributed by atoms with van der Waals surface area (Å²) in [6, 6.07) is 9.99. The number of rotatable bonds is 2. The second-order valence-corrected chi connectivity index (χ2v) is 4.38. The van der Waals surface area contributed by atoms with Crippen LogP contribution in [0.15, 0.2) is 41.0 Å². The molecule has 0 aliphatic rings. The maximum atomic E-state index is 5.71. The summed E-state index contributed by atoms with van der Waals surface area (Å²) in [6.45, 7) is 0. The van der Waals surface area contributed by atoms with Gasteiger partial charge in [0, 0.05) is 22.8 Å². The summed E-state index contributed by atoms with van der Waals surface area (Å²) >= 11 is 9.14. The molecule has 0 N–H and O–H groups in total. The van der Waals surface area contributed by atoms with Gasteiger partial charge in [0.2, 0.25) is 5.28 Å². The lowest BCUT2D eigenvalue weighted by Crippen LogP contribution is -1.93. The second kappa shape index (κ2) is 4.73. The highest BCUT2D eigenvalue weighted by Gasteiger charge is 1.99. The molecular weight excluding hydrogens is 275 g/mol. The Kier molecular flexibility index (Phi) is 3.34. The molecule has 0 spiro atoms. The predicted octanol–water partition coefficient (Wildman–Crippen LogP) is 3.48. The Morgan fingerprint density at radius 3 is 2.87 bits per heavy atom. The number of hydrogen-bond acceptors (Lipinski definition) is 2. The zero-order chi connectivity index (χ0) is 10.7. The molecule has 0 saturated heterocycles. The summed E-state index contributed by atoms with van der Waals surface area (Å²) in [5.41, 5.74) is 2.12. The molecule has 2 rings (SSSR count). The molecular formula is C11H8BrClN2. The number of halogens is 2. The van der Waals surface area contributed by atoms with Gasteiger partial charge in [0.15, 0.2) is 0 Å². The van der Waals surface area contributed by atoms with Gasteiger partial charge in [0.05, 0.1) is 0 Å². The van der Waals surface area contributed by atoms with E-state index in [4.69, 9.17) is 11.6 Å². The highest BCUT2D eigenvalue weighted by Crippen LogP contribution is 2.14. The zero-order valence-electron chi connectivity index (χ0n) is 7.82. The van der Waals surface area contributed by atoms with E-state index >= 15 is 0 Å². The van der Waals surface area contributed by atoms with Crippen LogP contribution in [-0.2, 0) is 6.42 Å². The molecule has 0 saturated carbocycles. The molecule has 0 amide bonds. The maximum absolute atomic E-state index is 5.71. The fraction of sp³-hybridized carbons (Fsp3) is 0.0909.